The molecule has 0 saturated carbocycles. The Morgan fingerprint density at radius 2 is 1.52 bits per heavy atom. The Morgan fingerprint density at radius 3 is 2.04 bits per heavy atom. The van der Waals surface area contributed by atoms with Crippen molar-refractivity contribution in [2.75, 3.05) is 31.3 Å². The molecule has 0 aromatic heterocycles. The molecule has 0 amide bonds. The van der Waals surface area contributed by atoms with Crippen LogP contribution in [0.4, 0.5) is 5.69 Å². The highest BCUT2D eigenvalue weighted by atomic mass is 32.2. The Hall–Kier alpha value is -2.41. The van der Waals surface area contributed by atoms with E-state index in [4.69, 9.17) is 14.2 Å². The number of hydrogen-bond donors (Lipinski definition) is 1. The second-order valence-corrected chi connectivity index (χ2v) is 7.21. The summed E-state index contributed by atoms with van der Waals surface area (Å²) in [6.07, 6.45) is 0.947. The van der Waals surface area contributed by atoms with Crippen LogP contribution in [-0.2, 0) is 16.4 Å². The van der Waals surface area contributed by atoms with Crippen LogP contribution in [0.5, 0.6) is 17.2 Å². The first-order valence-electron chi connectivity index (χ1n) is 7.91. The van der Waals surface area contributed by atoms with E-state index in [0.29, 0.717) is 22.9 Å². The Morgan fingerprint density at radius 1 is 0.920 bits per heavy atom. The summed E-state index contributed by atoms with van der Waals surface area (Å²) < 4.78 is 42.7. The van der Waals surface area contributed by atoms with Gasteiger partial charge in [-0.2, -0.15) is 0 Å². The fourth-order valence-electron chi connectivity index (χ4n) is 2.19. The molecule has 25 heavy (non-hydrogen) atoms. The number of anilines is 1. The zero-order valence-corrected chi connectivity index (χ0v) is 15.4. The van der Waals surface area contributed by atoms with E-state index in [1.165, 1.54) is 19.8 Å². The lowest BCUT2D eigenvalue weighted by atomic mass is 10.2. The third-order valence-electron chi connectivity index (χ3n) is 3.58. The van der Waals surface area contributed by atoms with Crippen LogP contribution in [0.1, 0.15) is 12.5 Å². The molecule has 0 aliphatic heterocycles. The summed E-state index contributed by atoms with van der Waals surface area (Å²) in [4.78, 5) is 0. The first-order valence-corrected chi connectivity index (χ1v) is 9.56. The quantitative estimate of drug-likeness (QED) is 0.739. The maximum atomic E-state index is 12.2. The molecule has 1 N–H and O–H groups in total. The number of rotatable bonds is 9. The number of ether oxygens (including phenoxy) is 3. The summed E-state index contributed by atoms with van der Waals surface area (Å²) in [6.45, 7) is 2.13. The zero-order chi connectivity index (χ0) is 18.3. The molecule has 0 unspecified atom stereocenters. The number of methoxy groups -OCH3 is 2. The largest absolute Gasteiger partial charge is 0.497 e. The molecule has 0 bridgehead atoms. The van der Waals surface area contributed by atoms with Crippen LogP contribution in [0.15, 0.2) is 42.5 Å². The van der Waals surface area contributed by atoms with Crippen molar-refractivity contribution in [3.05, 3.63) is 48.0 Å². The van der Waals surface area contributed by atoms with E-state index < -0.39 is 10.0 Å². The van der Waals surface area contributed by atoms with Gasteiger partial charge < -0.3 is 14.2 Å². The van der Waals surface area contributed by atoms with Gasteiger partial charge in [0, 0.05) is 18.2 Å². The molecule has 0 aliphatic rings. The fourth-order valence-corrected chi connectivity index (χ4v) is 3.07. The van der Waals surface area contributed by atoms with Gasteiger partial charge in [0.05, 0.1) is 19.9 Å². The van der Waals surface area contributed by atoms with Crippen molar-refractivity contribution in [3.8, 4) is 17.2 Å². The van der Waals surface area contributed by atoms with E-state index in [1.807, 2.05) is 24.3 Å². The predicted molar refractivity (Wildman–Crippen MR) is 98.3 cm³/mol. The Balaban J connectivity index is 1.95. The van der Waals surface area contributed by atoms with E-state index in [1.54, 1.807) is 18.2 Å². The predicted octanol–water partition coefficient (Wildman–Crippen LogP) is 3.09. The van der Waals surface area contributed by atoms with Gasteiger partial charge in [0.2, 0.25) is 10.0 Å². The van der Waals surface area contributed by atoms with E-state index in [0.717, 1.165) is 6.42 Å². The molecule has 0 aliphatic carbocycles. The van der Waals surface area contributed by atoms with Crippen molar-refractivity contribution < 1.29 is 22.6 Å². The van der Waals surface area contributed by atoms with Gasteiger partial charge in [-0.1, -0.05) is 19.1 Å². The second-order valence-electron chi connectivity index (χ2n) is 5.37. The van der Waals surface area contributed by atoms with Gasteiger partial charge in [-0.3, -0.25) is 4.72 Å². The number of sulfonamides is 1. The third kappa shape index (κ3) is 5.86. The average Bonchev–Trinajstić information content (AvgIpc) is 2.61. The van der Waals surface area contributed by atoms with Crippen LogP contribution >= 0.6 is 0 Å². The lowest BCUT2D eigenvalue weighted by Gasteiger charge is -2.12. The maximum Gasteiger partial charge on any atom is 0.236 e. The summed E-state index contributed by atoms with van der Waals surface area (Å²) in [5.41, 5.74) is 1.58. The van der Waals surface area contributed by atoms with Crippen LogP contribution < -0.4 is 18.9 Å². The molecule has 0 saturated heterocycles. The number of nitrogens with one attached hydrogen (secondary N) is 1. The van der Waals surface area contributed by atoms with Gasteiger partial charge in [0.1, 0.15) is 29.6 Å². The number of aryl methyl sites for hydroxylation is 1. The van der Waals surface area contributed by atoms with Crippen molar-refractivity contribution in [3.63, 3.8) is 0 Å². The molecule has 0 heterocycles. The van der Waals surface area contributed by atoms with E-state index in [2.05, 4.69) is 11.6 Å². The monoisotopic (exact) mass is 365 g/mol. The molecule has 0 fully saturated rings. The highest BCUT2D eigenvalue weighted by molar-refractivity contribution is 7.92. The molecule has 6 nitrogen and oxygen atoms in total. The lowest BCUT2D eigenvalue weighted by molar-refractivity contribution is 0.341. The lowest BCUT2D eigenvalue weighted by Crippen LogP contribution is -2.21. The van der Waals surface area contributed by atoms with Gasteiger partial charge in [0.25, 0.3) is 0 Å². The highest BCUT2D eigenvalue weighted by Gasteiger charge is 2.12. The topological polar surface area (TPSA) is 73.9 Å². The molecule has 2 rings (SSSR count). The van der Waals surface area contributed by atoms with Crippen molar-refractivity contribution in [1.29, 1.82) is 0 Å². The van der Waals surface area contributed by atoms with Gasteiger partial charge in [-0.25, -0.2) is 8.42 Å². The zero-order valence-electron chi connectivity index (χ0n) is 14.6. The van der Waals surface area contributed by atoms with Gasteiger partial charge in [0.15, 0.2) is 0 Å². The van der Waals surface area contributed by atoms with E-state index >= 15 is 0 Å². The smallest absolute Gasteiger partial charge is 0.236 e. The first-order chi connectivity index (χ1) is 12.0. The van der Waals surface area contributed by atoms with Crippen LogP contribution in [0.3, 0.4) is 0 Å². The van der Waals surface area contributed by atoms with Gasteiger partial charge in [-0.05, 0) is 24.1 Å². The molecular weight excluding hydrogens is 342 g/mol. The standard InChI is InChI=1S/C18H23NO5S/c1-4-14-5-7-16(8-6-14)24-9-10-25(20,21)19-15-11-17(22-2)13-18(12-15)23-3/h5-8,11-13,19H,4,9-10H2,1-3H3. The van der Waals surface area contributed by atoms with E-state index in [-0.39, 0.29) is 12.4 Å². The Labute approximate surface area is 148 Å². The van der Waals surface area contributed by atoms with Crippen LogP contribution in [-0.4, -0.2) is 35.0 Å². The molecule has 136 valence electrons. The van der Waals surface area contributed by atoms with Crippen LogP contribution in [0, 0.1) is 0 Å². The summed E-state index contributed by atoms with van der Waals surface area (Å²) in [5.74, 6) is 1.49. The minimum Gasteiger partial charge on any atom is -0.497 e. The molecule has 0 radical (unpaired) electrons. The number of benzene rings is 2. The Kier molecular flexibility index (Phi) is 6.52. The SMILES string of the molecule is CCc1ccc(OCCS(=O)(=O)Nc2cc(OC)cc(OC)c2)cc1. The van der Waals surface area contributed by atoms with Crippen molar-refractivity contribution >= 4 is 15.7 Å². The maximum absolute atomic E-state index is 12.2. The summed E-state index contributed by atoms with van der Waals surface area (Å²) >= 11 is 0. The molecular formula is C18H23NO5S. The third-order valence-corrected chi connectivity index (χ3v) is 4.83. The molecule has 7 heteroatoms. The molecule has 0 atom stereocenters. The average molecular weight is 365 g/mol. The summed E-state index contributed by atoms with van der Waals surface area (Å²) in [5, 5.41) is 0. The van der Waals surface area contributed by atoms with Crippen LogP contribution in [0.2, 0.25) is 0 Å². The van der Waals surface area contributed by atoms with Gasteiger partial charge in [-0.15, -0.1) is 0 Å². The van der Waals surface area contributed by atoms with Crippen molar-refractivity contribution in [2.24, 2.45) is 0 Å². The molecule has 2 aromatic carbocycles. The van der Waals surface area contributed by atoms with E-state index in [9.17, 15) is 8.42 Å². The van der Waals surface area contributed by atoms with Crippen molar-refractivity contribution in [1.82, 2.24) is 0 Å². The minimum atomic E-state index is -3.55. The van der Waals surface area contributed by atoms with Gasteiger partial charge >= 0.3 is 0 Å². The van der Waals surface area contributed by atoms with Crippen LogP contribution in [0.25, 0.3) is 0 Å². The highest BCUT2D eigenvalue weighted by Crippen LogP contribution is 2.26. The molecule has 0 spiro atoms. The fraction of sp³-hybridized carbons (Fsp3) is 0.333. The minimum absolute atomic E-state index is 0.0574. The molecule has 2 aromatic rings. The first kappa shape index (κ1) is 18.9. The number of hydrogen-bond acceptors (Lipinski definition) is 5. The summed E-state index contributed by atoms with van der Waals surface area (Å²) in [6, 6.07) is 12.4. The normalized spacial score (nSPS) is 11.0. The second kappa shape index (κ2) is 8.62. The summed E-state index contributed by atoms with van der Waals surface area (Å²) in [7, 11) is -0.544. The van der Waals surface area contributed by atoms with Crippen molar-refractivity contribution in [2.45, 2.75) is 13.3 Å². The Bertz CT molecular complexity index is 765.